The number of hydrogen-bond donors (Lipinski definition) is 1. The van der Waals surface area contributed by atoms with Crippen molar-refractivity contribution in [3.05, 3.63) is 16.8 Å². The van der Waals surface area contributed by atoms with Crippen LogP contribution in [0.1, 0.15) is 19.9 Å². The normalized spacial score (nSPS) is 16.0. The summed E-state index contributed by atoms with van der Waals surface area (Å²) in [4.78, 5) is 11.3. The van der Waals surface area contributed by atoms with Crippen molar-refractivity contribution in [3.8, 4) is 0 Å². The Bertz CT molecular complexity index is 313. The van der Waals surface area contributed by atoms with Crippen molar-refractivity contribution in [2.45, 2.75) is 26.0 Å². The lowest BCUT2D eigenvalue weighted by Gasteiger charge is -2.12. The Morgan fingerprint density at radius 1 is 1.58 bits per heavy atom. The van der Waals surface area contributed by atoms with Gasteiger partial charge in [0.25, 0.3) is 0 Å². The van der Waals surface area contributed by atoms with Gasteiger partial charge >= 0.3 is 5.69 Å². The van der Waals surface area contributed by atoms with E-state index in [1.165, 1.54) is 15.6 Å². The minimum atomic E-state index is -0.572. The second kappa shape index (κ2) is 3.10. The summed E-state index contributed by atoms with van der Waals surface area (Å²) in [6.45, 7) is 3.38. The van der Waals surface area contributed by atoms with Crippen molar-refractivity contribution < 1.29 is 5.11 Å². The average molecular weight is 171 g/mol. The second-order valence-corrected chi connectivity index (χ2v) is 2.95. The highest BCUT2D eigenvalue weighted by atomic mass is 16.3. The largest absolute Gasteiger partial charge is 0.391 e. The summed E-state index contributed by atoms with van der Waals surface area (Å²) in [6.07, 6.45) is 0.860. The van der Waals surface area contributed by atoms with Crippen molar-refractivity contribution in [2.24, 2.45) is 7.05 Å². The Hall–Kier alpha value is -1.10. The molecule has 12 heavy (non-hydrogen) atoms. The molecule has 0 amide bonds. The molecule has 0 aliphatic heterocycles. The molecular formula is C7H13N3O2. The SMILES string of the molecule is C[C@@H](O)[C@H](C)n1ncn(C)c1=O. The standard InChI is InChI=1S/C7H13N3O2/c1-5(6(2)11)10-7(12)9(3)4-8-10/h4-6,11H,1-3H3/t5-,6+/m0/s1. The molecular weight excluding hydrogens is 158 g/mol. The zero-order chi connectivity index (χ0) is 9.30. The van der Waals surface area contributed by atoms with Gasteiger partial charge in [-0.15, -0.1) is 0 Å². The van der Waals surface area contributed by atoms with Gasteiger partial charge in [-0.2, -0.15) is 5.10 Å². The highest BCUT2D eigenvalue weighted by Crippen LogP contribution is 2.04. The topological polar surface area (TPSA) is 60.0 Å². The first-order valence-corrected chi connectivity index (χ1v) is 3.82. The molecule has 0 radical (unpaired) electrons. The minimum Gasteiger partial charge on any atom is -0.391 e. The van der Waals surface area contributed by atoms with Gasteiger partial charge in [0.15, 0.2) is 0 Å². The number of hydrogen-bond acceptors (Lipinski definition) is 3. The Labute approximate surface area is 70.2 Å². The predicted molar refractivity (Wildman–Crippen MR) is 43.9 cm³/mol. The second-order valence-electron chi connectivity index (χ2n) is 2.95. The van der Waals surface area contributed by atoms with Crippen LogP contribution in [0.25, 0.3) is 0 Å². The lowest BCUT2D eigenvalue weighted by molar-refractivity contribution is 0.130. The summed E-state index contributed by atoms with van der Waals surface area (Å²) < 4.78 is 2.64. The van der Waals surface area contributed by atoms with E-state index in [0.717, 1.165) is 0 Å². The van der Waals surface area contributed by atoms with Crippen molar-refractivity contribution in [3.63, 3.8) is 0 Å². The predicted octanol–water partition coefficient (Wildman–Crippen LogP) is -0.476. The van der Waals surface area contributed by atoms with Crippen molar-refractivity contribution in [1.82, 2.24) is 14.3 Å². The molecule has 0 aromatic carbocycles. The van der Waals surface area contributed by atoms with Crippen molar-refractivity contribution >= 4 is 0 Å². The van der Waals surface area contributed by atoms with Crippen molar-refractivity contribution in [1.29, 1.82) is 0 Å². The molecule has 68 valence electrons. The number of nitrogens with zero attached hydrogens (tertiary/aromatic N) is 3. The van der Waals surface area contributed by atoms with Gasteiger partial charge in [0.05, 0.1) is 12.1 Å². The number of rotatable bonds is 2. The van der Waals surface area contributed by atoms with Crippen molar-refractivity contribution in [2.75, 3.05) is 0 Å². The first-order chi connectivity index (χ1) is 5.54. The van der Waals surface area contributed by atoms with Crippen LogP contribution in [0.2, 0.25) is 0 Å². The summed E-state index contributed by atoms with van der Waals surface area (Å²) in [5.74, 6) is 0. The van der Waals surface area contributed by atoms with E-state index in [2.05, 4.69) is 5.10 Å². The highest BCUT2D eigenvalue weighted by Gasteiger charge is 2.14. The summed E-state index contributed by atoms with van der Waals surface area (Å²) in [5.41, 5.74) is -0.205. The van der Waals surface area contributed by atoms with Gasteiger partial charge in [-0.25, -0.2) is 9.48 Å². The minimum absolute atomic E-state index is 0.205. The monoisotopic (exact) mass is 171 g/mol. The lowest BCUT2D eigenvalue weighted by Crippen LogP contribution is -2.30. The van der Waals surface area contributed by atoms with Crippen LogP contribution in [-0.2, 0) is 7.05 Å². The van der Waals surface area contributed by atoms with E-state index in [-0.39, 0.29) is 11.7 Å². The molecule has 2 atom stereocenters. The van der Waals surface area contributed by atoms with Crippen LogP contribution in [0.15, 0.2) is 11.1 Å². The van der Waals surface area contributed by atoms with Gasteiger partial charge in [0.1, 0.15) is 6.33 Å². The fourth-order valence-electron chi connectivity index (χ4n) is 0.877. The molecule has 1 heterocycles. The molecule has 0 aliphatic carbocycles. The summed E-state index contributed by atoms with van der Waals surface area (Å²) in [6, 6.07) is -0.279. The fraction of sp³-hybridized carbons (Fsp3) is 0.714. The molecule has 0 unspecified atom stereocenters. The van der Waals surface area contributed by atoms with Crippen LogP contribution >= 0.6 is 0 Å². The summed E-state index contributed by atoms with van der Waals surface area (Å²) in [7, 11) is 1.63. The molecule has 5 nitrogen and oxygen atoms in total. The van der Waals surface area contributed by atoms with Gasteiger partial charge in [-0.3, -0.25) is 4.57 Å². The van der Waals surface area contributed by atoms with E-state index >= 15 is 0 Å². The van der Waals surface area contributed by atoms with E-state index < -0.39 is 6.10 Å². The molecule has 0 bridgehead atoms. The zero-order valence-electron chi connectivity index (χ0n) is 7.43. The first-order valence-electron chi connectivity index (χ1n) is 3.82. The number of aliphatic hydroxyl groups excluding tert-OH is 1. The van der Waals surface area contributed by atoms with E-state index in [9.17, 15) is 9.90 Å². The molecule has 1 rings (SSSR count). The van der Waals surface area contributed by atoms with Crippen LogP contribution in [-0.4, -0.2) is 25.6 Å². The number of aryl methyl sites for hydroxylation is 1. The fourth-order valence-corrected chi connectivity index (χ4v) is 0.877. The van der Waals surface area contributed by atoms with Gasteiger partial charge in [0.2, 0.25) is 0 Å². The van der Waals surface area contributed by atoms with Crippen LogP contribution in [0.4, 0.5) is 0 Å². The van der Waals surface area contributed by atoms with Gasteiger partial charge in [0, 0.05) is 7.05 Å². The molecule has 0 saturated heterocycles. The first kappa shape index (κ1) is 8.99. The highest BCUT2D eigenvalue weighted by molar-refractivity contribution is 4.72. The summed E-state index contributed by atoms with van der Waals surface area (Å²) in [5, 5.41) is 13.0. The van der Waals surface area contributed by atoms with Gasteiger partial charge in [-0.1, -0.05) is 0 Å². The van der Waals surface area contributed by atoms with Crippen LogP contribution in [0.5, 0.6) is 0 Å². The van der Waals surface area contributed by atoms with Crippen LogP contribution < -0.4 is 5.69 Å². The Kier molecular flexibility index (Phi) is 2.32. The Morgan fingerprint density at radius 2 is 2.17 bits per heavy atom. The van der Waals surface area contributed by atoms with E-state index in [0.29, 0.717) is 0 Å². The third-order valence-corrected chi connectivity index (χ3v) is 1.93. The molecule has 0 fully saturated rings. The molecule has 0 aliphatic rings. The number of aromatic nitrogens is 3. The molecule has 1 aromatic heterocycles. The van der Waals surface area contributed by atoms with Gasteiger partial charge in [-0.05, 0) is 13.8 Å². The third kappa shape index (κ3) is 1.40. The maximum absolute atomic E-state index is 11.3. The molecule has 1 aromatic rings. The van der Waals surface area contributed by atoms with Gasteiger partial charge < -0.3 is 5.11 Å². The Balaban J connectivity index is 3.04. The maximum Gasteiger partial charge on any atom is 0.345 e. The quantitative estimate of drug-likeness (QED) is 0.654. The van der Waals surface area contributed by atoms with Crippen LogP contribution in [0, 0.1) is 0 Å². The Morgan fingerprint density at radius 3 is 2.50 bits per heavy atom. The van der Waals surface area contributed by atoms with E-state index in [4.69, 9.17) is 0 Å². The molecule has 0 spiro atoms. The maximum atomic E-state index is 11.3. The molecule has 5 heteroatoms. The smallest absolute Gasteiger partial charge is 0.345 e. The molecule has 0 saturated carbocycles. The zero-order valence-corrected chi connectivity index (χ0v) is 7.43. The third-order valence-electron chi connectivity index (χ3n) is 1.93. The van der Waals surface area contributed by atoms with E-state index in [1.807, 2.05) is 0 Å². The average Bonchev–Trinajstić information content (AvgIpc) is 2.32. The van der Waals surface area contributed by atoms with E-state index in [1.54, 1.807) is 20.9 Å². The lowest BCUT2D eigenvalue weighted by atomic mass is 10.2. The molecule has 1 N–H and O–H groups in total. The summed E-state index contributed by atoms with van der Waals surface area (Å²) >= 11 is 0. The number of aliphatic hydroxyl groups is 1. The van der Waals surface area contributed by atoms with Crippen LogP contribution in [0.3, 0.4) is 0 Å².